The van der Waals surface area contributed by atoms with Crippen molar-refractivity contribution in [2.24, 2.45) is 11.8 Å². The first-order chi connectivity index (χ1) is 6.86. The maximum atomic E-state index is 5.65. The summed E-state index contributed by atoms with van der Waals surface area (Å²) in [4.78, 5) is 2.32. The first-order valence-corrected chi connectivity index (χ1v) is 5.54. The molecule has 1 aromatic rings. The summed E-state index contributed by atoms with van der Waals surface area (Å²) >= 11 is 5.65. The number of nitrogens with zero attached hydrogens (tertiary/aromatic N) is 3. The molecular formula is C10H12ClN3. The Hall–Kier alpha value is -0.830. The van der Waals surface area contributed by atoms with E-state index in [9.17, 15) is 0 Å². The van der Waals surface area contributed by atoms with E-state index < -0.39 is 0 Å². The molecule has 0 aromatic carbocycles. The van der Waals surface area contributed by atoms with Gasteiger partial charge in [-0.1, -0.05) is 0 Å². The number of fused-ring (bicyclic) bond motifs is 1. The van der Waals surface area contributed by atoms with E-state index in [1.54, 1.807) is 0 Å². The second kappa shape index (κ2) is 3.09. The van der Waals surface area contributed by atoms with Gasteiger partial charge >= 0.3 is 0 Å². The molecule has 3 nitrogen and oxygen atoms in total. The zero-order valence-corrected chi connectivity index (χ0v) is 8.61. The minimum absolute atomic E-state index is 0.443. The Morgan fingerprint density at radius 1 is 1.29 bits per heavy atom. The molecule has 4 heteroatoms. The fraction of sp³-hybridized carbons (Fsp3) is 0.600. The van der Waals surface area contributed by atoms with Crippen LogP contribution in [0.1, 0.15) is 12.1 Å². The fourth-order valence-corrected chi connectivity index (χ4v) is 2.32. The normalized spacial score (nSPS) is 29.1. The van der Waals surface area contributed by atoms with Gasteiger partial charge in [0.25, 0.3) is 0 Å². The summed E-state index contributed by atoms with van der Waals surface area (Å²) in [6, 6.07) is 3.98. The standard InChI is InChI=1S/C10H12ClN3/c11-4-9-1-2-10(13-12-9)14-5-7-3-8(7)6-14/h1-2,7-8H,3-6H2. The monoisotopic (exact) mass is 209 g/mol. The molecule has 2 atom stereocenters. The molecule has 2 unspecified atom stereocenters. The predicted molar refractivity (Wildman–Crippen MR) is 55.4 cm³/mol. The van der Waals surface area contributed by atoms with Crippen molar-refractivity contribution in [1.29, 1.82) is 0 Å². The van der Waals surface area contributed by atoms with Crippen molar-refractivity contribution in [3.05, 3.63) is 17.8 Å². The SMILES string of the molecule is ClCc1ccc(N2CC3CC3C2)nn1. The van der Waals surface area contributed by atoms with Crippen LogP contribution >= 0.6 is 11.6 Å². The van der Waals surface area contributed by atoms with Crippen LogP contribution in [0.3, 0.4) is 0 Å². The van der Waals surface area contributed by atoms with Crippen LogP contribution in [0.15, 0.2) is 12.1 Å². The molecule has 0 bridgehead atoms. The average Bonchev–Trinajstić information content (AvgIpc) is 2.86. The van der Waals surface area contributed by atoms with E-state index in [1.165, 1.54) is 19.5 Å². The Labute approximate surface area is 88.1 Å². The lowest BCUT2D eigenvalue weighted by molar-refractivity contribution is 0.787. The molecule has 14 heavy (non-hydrogen) atoms. The molecule has 3 rings (SSSR count). The molecule has 1 saturated heterocycles. The topological polar surface area (TPSA) is 29.0 Å². The number of rotatable bonds is 2. The van der Waals surface area contributed by atoms with Crippen LogP contribution in [-0.2, 0) is 5.88 Å². The van der Waals surface area contributed by atoms with Gasteiger partial charge in [-0.2, -0.15) is 5.10 Å². The van der Waals surface area contributed by atoms with Crippen molar-refractivity contribution >= 4 is 17.4 Å². The lowest BCUT2D eigenvalue weighted by atomic mass is 10.4. The minimum Gasteiger partial charge on any atom is -0.355 e. The summed E-state index contributed by atoms with van der Waals surface area (Å²) in [6.45, 7) is 2.33. The lowest BCUT2D eigenvalue weighted by Gasteiger charge is -2.17. The number of piperidine rings is 1. The smallest absolute Gasteiger partial charge is 0.151 e. The molecular weight excluding hydrogens is 198 g/mol. The van der Waals surface area contributed by atoms with Crippen molar-refractivity contribution in [3.63, 3.8) is 0 Å². The first kappa shape index (κ1) is 8.48. The van der Waals surface area contributed by atoms with Gasteiger partial charge in [0.15, 0.2) is 5.82 Å². The maximum absolute atomic E-state index is 5.65. The van der Waals surface area contributed by atoms with Gasteiger partial charge in [0, 0.05) is 13.1 Å². The second-order valence-electron chi connectivity index (χ2n) is 4.18. The highest BCUT2D eigenvalue weighted by Gasteiger charge is 2.45. The number of anilines is 1. The van der Waals surface area contributed by atoms with Gasteiger partial charge in [-0.05, 0) is 30.4 Å². The highest BCUT2D eigenvalue weighted by molar-refractivity contribution is 6.16. The molecule has 1 aromatic heterocycles. The molecule has 1 aliphatic heterocycles. The molecule has 0 amide bonds. The van der Waals surface area contributed by atoms with E-state index in [0.717, 1.165) is 23.3 Å². The van der Waals surface area contributed by atoms with Crippen LogP contribution < -0.4 is 4.90 Å². The Bertz CT molecular complexity index is 328. The van der Waals surface area contributed by atoms with Gasteiger partial charge in [0.1, 0.15) is 0 Å². The number of aromatic nitrogens is 2. The van der Waals surface area contributed by atoms with Gasteiger partial charge < -0.3 is 4.90 Å². The molecule has 0 N–H and O–H groups in total. The fourth-order valence-electron chi connectivity index (χ4n) is 2.18. The molecule has 0 radical (unpaired) electrons. The number of hydrogen-bond donors (Lipinski definition) is 0. The molecule has 1 saturated carbocycles. The quantitative estimate of drug-likeness (QED) is 0.694. The van der Waals surface area contributed by atoms with Crippen LogP contribution in [0.4, 0.5) is 5.82 Å². The van der Waals surface area contributed by atoms with Crippen molar-refractivity contribution in [2.45, 2.75) is 12.3 Å². The third kappa shape index (κ3) is 1.36. The van der Waals surface area contributed by atoms with Crippen molar-refractivity contribution in [1.82, 2.24) is 10.2 Å². The highest BCUT2D eigenvalue weighted by atomic mass is 35.5. The largest absolute Gasteiger partial charge is 0.355 e. The zero-order valence-electron chi connectivity index (χ0n) is 7.86. The lowest BCUT2D eigenvalue weighted by Crippen LogP contribution is -2.23. The van der Waals surface area contributed by atoms with Gasteiger partial charge in [0.2, 0.25) is 0 Å². The van der Waals surface area contributed by atoms with E-state index in [-0.39, 0.29) is 0 Å². The van der Waals surface area contributed by atoms with E-state index in [4.69, 9.17) is 11.6 Å². The van der Waals surface area contributed by atoms with E-state index in [2.05, 4.69) is 15.1 Å². The Kier molecular flexibility index (Phi) is 1.87. The predicted octanol–water partition coefficient (Wildman–Crippen LogP) is 1.67. The molecule has 0 spiro atoms. The maximum Gasteiger partial charge on any atom is 0.151 e. The summed E-state index contributed by atoms with van der Waals surface area (Å²) in [5.41, 5.74) is 0.847. The van der Waals surface area contributed by atoms with Crippen molar-refractivity contribution in [2.75, 3.05) is 18.0 Å². The van der Waals surface area contributed by atoms with Crippen LogP contribution in [0.2, 0.25) is 0 Å². The summed E-state index contributed by atoms with van der Waals surface area (Å²) in [7, 11) is 0. The molecule has 1 aliphatic carbocycles. The Morgan fingerprint density at radius 2 is 2.07 bits per heavy atom. The average molecular weight is 210 g/mol. The summed E-state index contributed by atoms with van der Waals surface area (Å²) in [5.74, 6) is 3.32. The summed E-state index contributed by atoms with van der Waals surface area (Å²) < 4.78 is 0. The van der Waals surface area contributed by atoms with E-state index in [1.807, 2.05) is 12.1 Å². The Balaban J connectivity index is 1.76. The van der Waals surface area contributed by atoms with Crippen LogP contribution in [0.25, 0.3) is 0 Å². The van der Waals surface area contributed by atoms with Gasteiger partial charge in [-0.15, -0.1) is 16.7 Å². The highest BCUT2D eigenvalue weighted by Crippen LogP contribution is 2.45. The molecule has 2 heterocycles. The van der Waals surface area contributed by atoms with E-state index >= 15 is 0 Å². The van der Waals surface area contributed by atoms with Gasteiger partial charge in [-0.3, -0.25) is 0 Å². The Morgan fingerprint density at radius 3 is 2.64 bits per heavy atom. The number of alkyl halides is 1. The zero-order chi connectivity index (χ0) is 9.54. The first-order valence-electron chi connectivity index (χ1n) is 5.00. The summed E-state index contributed by atoms with van der Waals surface area (Å²) in [6.07, 6.45) is 1.42. The molecule has 2 aliphatic rings. The van der Waals surface area contributed by atoms with Crippen molar-refractivity contribution in [3.8, 4) is 0 Å². The van der Waals surface area contributed by atoms with Crippen LogP contribution in [0, 0.1) is 11.8 Å². The minimum atomic E-state index is 0.443. The van der Waals surface area contributed by atoms with E-state index in [0.29, 0.717) is 5.88 Å². The number of halogens is 1. The van der Waals surface area contributed by atoms with Gasteiger partial charge in [-0.25, -0.2) is 0 Å². The second-order valence-corrected chi connectivity index (χ2v) is 4.44. The third-order valence-corrected chi connectivity index (χ3v) is 3.42. The number of hydrogen-bond acceptors (Lipinski definition) is 3. The molecule has 74 valence electrons. The van der Waals surface area contributed by atoms with Gasteiger partial charge in [0.05, 0.1) is 11.6 Å². The van der Waals surface area contributed by atoms with Crippen LogP contribution in [-0.4, -0.2) is 23.3 Å². The summed E-state index contributed by atoms with van der Waals surface area (Å²) in [5, 5.41) is 8.24. The third-order valence-electron chi connectivity index (χ3n) is 3.15. The van der Waals surface area contributed by atoms with Crippen LogP contribution in [0.5, 0.6) is 0 Å². The van der Waals surface area contributed by atoms with Crippen molar-refractivity contribution < 1.29 is 0 Å². The molecule has 2 fully saturated rings.